The molecule has 0 aromatic heterocycles. The number of benzene rings is 2. The van der Waals surface area contributed by atoms with Crippen LogP contribution in [0.4, 0.5) is 0 Å². The van der Waals surface area contributed by atoms with Gasteiger partial charge in [0, 0.05) is 10.7 Å². The van der Waals surface area contributed by atoms with E-state index in [1.54, 1.807) is 48.5 Å². The largest absolute Gasteiger partial charge is 0.508 e. The van der Waals surface area contributed by atoms with Crippen molar-refractivity contribution in [1.29, 1.82) is 0 Å². The van der Waals surface area contributed by atoms with E-state index in [2.05, 4.69) is 0 Å². The Kier molecular flexibility index (Phi) is 6.61. The summed E-state index contributed by atoms with van der Waals surface area (Å²) in [4.78, 5) is 0. The van der Waals surface area contributed by atoms with Gasteiger partial charge in [-0.2, -0.15) is 0 Å². The van der Waals surface area contributed by atoms with Crippen LogP contribution >= 0.6 is 24.4 Å². The zero-order valence-electron chi connectivity index (χ0n) is 12.2. The van der Waals surface area contributed by atoms with Gasteiger partial charge in [0.15, 0.2) is 0 Å². The highest BCUT2D eigenvalue weighted by Gasteiger charge is 2.12. The first-order chi connectivity index (χ1) is 11.1. The van der Waals surface area contributed by atoms with Gasteiger partial charge in [-0.25, -0.2) is 0 Å². The molecule has 0 spiro atoms. The van der Waals surface area contributed by atoms with Gasteiger partial charge in [-0.3, -0.25) is 0 Å². The minimum Gasteiger partial charge on any atom is -0.508 e. The molecular formula is C17H16O4S2. The summed E-state index contributed by atoms with van der Waals surface area (Å²) in [6, 6.07) is 13.2. The number of rotatable bonds is 8. The third-order valence-electron chi connectivity index (χ3n) is 3.19. The van der Waals surface area contributed by atoms with Gasteiger partial charge in [0.1, 0.15) is 30.5 Å². The second-order valence-corrected chi connectivity index (χ2v) is 5.29. The topological polar surface area (TPSA) is 58.9 Å². The van der Waals surface area contributed by atoms with Crippen molar-refractivity contribution in [2.75, 3.05) is 6.79 Å². The fourth-order valence-corrected chi connectivity index (χ4v) is 2.41. The fourth-order valence-electron chi connectivity index (χ4n) is 1.94. The summed E-state index contributed by atoms with van der Waals surface area (Å²) in [5, 5.41) is 21.6. The van der Waals surface area contributed by atoms with Crippen LogP contribution in [0.3, 0.4) is 0 Å². The number of phenols is 2. The normalized spacial score (nSPS) is 13.2. The predicted octanol–water partition coefficient (Wildman–Crippen LogP) is 3.87. The summed E-state index contributed by atoms with van der Waals surface area (Å²) in [6.45, 7) is -0.00261. The lowest BCUT2D eigenvalue weighted by atomic mass is 10.1. The molecule has 2 rings (SSSR count). The monoisotopic (exact) mass is 348 g/mol. The average Bonchev–Trinajstić information content (AvgIpc) is 2.57. The Morgan fingerprint density at radius 2 is 1.09 bits per heavy atom. The van der Waals surface area contributed by atoms with Gasteiger partial charge >= 0.3 is 0 Å². The number of thiocarbonyl (C=S) groups is 2. The van der Waals surface area contributed by atoms with Crippen molar-refractivity contribution in [3.63, 3.8) is 0 Å². The van der Waals surface area contributed by atoms with Crippen molar-refractivity contribution in [2.24, 2.45) is 0 Å². The van der Waals surface area contributed by atoms with E-state index < -0.39 is 12.2 Å². The van der Waals surface area contributed by atoms with Crippen LogP contribution in [-0.4, -0.2) is 27.7 Å². The smallest absolute Gasteiger partial charge is 0.149 e. The second-order valence-electron chi connectivity index (χ2n) is 4.75. The third-order valence-corrected chi connectivity index (χ3v) is 3.68. The number of hydrogen-bond acceptors (Lipinski definition) is 6. The molecule has 0 fully saturated rings. The molecular weight excluding hydrogens is 332 g/mol. The molecule has 2 aromatic rings. The lowest BCUT2D eigenvalue weighted by Crippen LogP contribution is -2.12. The molecule has 0 bridgehead atoms. The molecule has 0 saturated carbocycles. The van der Waals surface area contributed by atoms with E-state index in [1.165, 1.54) is 10.7 Å². The van der Waals surface area contributed by atoms with Crippen LogP contribution in [0.1, 0.15) is 23.3 Å². The van der Waals surface area contributed by atoms with Crippen molar-refractivity contribution in [2.45, 2.75) is 12.2 Å². The van der Waals surface area contributed by atoms with Crippen molar-refractivity contribution >= 4 is 35.2 Å². The van der Waals surface area contributed by atoms with Gasteiger partial charge in [0.05, 0.1) is 0 Å². The Balaban J connectivity index is 1.93. The van der Waals surface area contributed by atoms with Crippen molar-refractivity contribution in [1.82, 2.24) is 0 Å². The summed E-state index contributed by atoms with van der Waals surface area (Å²) in [5.74, 6) is 0.363. The maximum Gasteiger partial charge on any atom is 0.149 e. The summed E-state index contributed by atoms with van der Waals surface area (Å²) in [5.41, 5.74) is 1.65. The van der Waals surface area contributed by atoms with Crippen molar-refractivity contribution in [3.8, 4) is 11.5 Å². The Hall–Kier alpha value is -1.86. The van der Waals surface area contributed by atoms with Crippen molar-refractivity contribution in [3.05, 3.63) is 59.7 Å². The lowest BCUT2D eigenvalue weighted by Gasteiger charge is -2.17. The first-order valence-electron chi connectivity index (χ1n) is 6.85. The lowest BCUT2D eigenvalue weighted by molar-refractivity contribution is -0.0835. The molecule has 2 N–H and O–H groups in total. The van der Waals surface area contributed by atoms with Crippen molar-refractivity contribution < 1.29 is 19.7 Å². The summed E-state index contributed by atoms with van der Waals surface area (Å²) >= 11 is 9.96. The molecule has 0 heterocycles. The highest BCUT2D eigenvalue weighted by Crippen LogP contribution is 2.22. The SMILES string of the molecule is Oc1ccc(C(C=S)OCOC(C=S)c2ccc(O)cc2)cc1. The molecule has 0 aliphatic carbocycles. The quantitative estimate of drug-likeness (QED) is 0.558. The highest BCUT2D eigenvalue weighted by atomic mass is 32.1. The van der Waals surface area contributed by atoms with Gasteiger partial charge in [-0.05, 0) is 35.4 Å². The maximum atomic E-state index is 9.30. The van der Waals surface area contributed by atoms with Gasteiger partial charge in [0.2, 0.25) is 0 Å². The van der Waals surface area contributed by atoms with E-state index in [0.717, 1.165) is 11.1 Å². The Morgan fingerprint density at radius 1 is 0.739 bits per heavy atom. The molecule has 0 aliphatic rings. The summed E-state index contributed by atoms with van der Waals surface area (Å²) < 4.78 is 11.2. The van der Waals surface area contributed by atoms with Gasteiger partial charge < -0.3 is 19.7 Å². The minimum absolute atomic E-state index is 0.00261. The standard InChI is InChI=1S/C17H16O4S2/c18-14-5-1-12(2-6-14)16(9-22)20-11-21-17(10-23)13-3-7-15(19)8-4-13/h1-10,16-19H,11H2. The number of ether oxygens (including phenoxy) is 2. The Bertz CT molecular complexity index is 583. The van der Waals surface area contributed by atoms with Crippen LogP contribution in [0.15, 0.2) is 48.5 Å². The molecule has 6 heteroatoms. The van der Waals surface area contributed by atoms with E-state index in [-0.39, 0.29) is 18.3 Å². The molecule has 0 aliphatic heterocycles. The van der Waals surface area contributed by atoms with E-state index in [0.29, 0.717) is 0 Å². The van der Waals surface area contributed by atoms with Crippen LogP contribution in [0.25, 0.3) is 0 Å². The van der Waals surface area contributed by atoms with Gasteiger partial charge in [-0.1, -0.05) is 48.7 Å². The first-order valence-corrected chi connectivity index (χ1v) is 7.80. The van der Waals surface area contributed by atoms with Crippen LogP contribution in [-0.2, 0) is 9.47 Å². The van der Waals surface area contributed by atoms with Gasteiger partial charge in [-0.15, -0.1) is 0 Å². The molecule has 120 valence electrons. The highest BCUT2D eigenvalue weighted by molar-refractivity contribution is 7.79. The zero-order chi connectivity index (χ0) is 16.7. The van der Waals surface area contributed by atoms with E-state index >= 15 is 0 Å². The van der Waals surface area contributed by atoms with E-state index in [9.17, 15) is 10.2 Å². The molecule has 0 amide bonds. The minimum atomic E-state index is -0.420. The molecule has 2 atom stereocenters. The summed E-state index contributed by atoms with van der Waals surface area (Å²) in [6.07, 6.45) is -0.840. The zero-order valence-corrected chi connectivity index (χ0v) is 13.8. The maximum absolute atomic E-state index is 9.30. The van der Waals surface area contributed by atoms with Crippen LogP contribution < -0.4 is 0 Å². The van der Waals surface area contributed by atoms with Crippen LogP contribution in [0.5, 0.6) is 11.5 Å². The third kappa shape index (κ3) is 5.07. The Morgan fingerprint density at radius 3 is 1.39 bits per heavy atom. The average molecular weight is 348 g/mol. The second kappa shape index (κ2) is 8.69. The molecule has 2 aromatic carbocycles. The van der Waals surface area contributed by atoms with Gasteiger partial charge in [0.25, 0.3) is 0 Å². The first kappa shape index (κ1) is 17.5. The summed E-state index contributed by atoms with van der Waals surface area (Å²) in [7, 11) is 0. The molecule has 4 nitrogen and oxygen atoms in total. The number of aromatic hydroxyl groups is 2. The van der Waals surface area contributed by atoms with Crippen LogP contribution in [0, 0.1) is 0 Å². The number of hydrogen-bond donors (Lipinski definition) is 2. The van der Waals surface area contributed by atoms with E-state index in [4.69, 9.17) is 33.9 Å². The van der Waals surface area contributed by atoms with E-state index in [1.807, 2.05) is 0 Å². The Labute approximate surface area is 145 Å². The van der Waals surface area contributed by atoms with Crippen LogP contribution in [0.2, 0.25) is 0 Å². The fraction of sp³-hybridized carbons (Fsp3) is 0.176. The molecule has 0 radical (unpaired) electrons. The predicted molar refractivity (Wildman–Crippen MR) is 96.0 cm³/mol. The molecule has 23 heavy (non-hydrogen) atoms. The molecule has 2 unspecified atom stereocenters. The number of phenolic OH excluding ortho intramolecular Hbond substituents is 2. The molecule has 0 saturated heterocycles.